The number of anilines is 1. The minimum absolute atomic E-state index is 0.208. The van der Waals surface area contributed by atoms with Gasteiger partial charge in [-0.25, -0.2) is 0 Å². The zero-order valence-electron chi connectivity index (χ0n) is 13.3. The van der Waals surface area contributed by atoms with Gasteiger partial charge in [0.1, 0.15) is 6.54 Å². The fraction of sp³-hybridized carbons (Fsp3) is 0.294. The van der Waals surface area contributed by atoms with Crippen LogP contribution in [-0.2, 0) is 17.8 Å². The van der Waals surface area contributed by atoms with Crippen molar-refractivity contribution in [3.8, 4) is 0 Å². The van der Waals surface area contributed by atoms with Crippen molar-refractivity contribution in [3.05, 3.63) is 68.1 Å². The number of benzene rings is 1. The quantitative estimate of drug-likeness (QED) is 0.638. The summed E-state index contributed by atoms with van der Waals surface area (Å²) in [6.07, 6.45) is 1.77. The lowest BCUT2D eigenvalue weighted by atomic mass is 10.0. The largest absolute Gasteiger partial charge is 0.334 e. The van der Waals surface area contributed by atoms with Gasteiger partial charge >= 0.3 is 11.2 Å². The van der Waals surface area contributed by atoms with Crippen molar-refractivity contribution in [1.29, 1.82) is 0 Å². The topological polar surface area (TPSA) is 85.5 Å². The van der Waals surface area contributed by atoms with Crippen molar-refractivity contribution < 1.29 is 9.72 Å². The number of hydrogen-bond donors (Lipinski definition) is 0. The maximum absolute atomic E-state index is 12.7. The zero-order chi connectivity index (χ0) is 17.3. The number of carbonyl (C=O) groups excluding carboxylic acids is 1. The van der Waals surface area contributed by atoms with Crippen molar-refractivity contribution in [2.45, 2.75) is 26.3 Å². The van der Waals surface area contributed by atoms with Gasteiger partial charge in [-0.05, 0) is 37.5 Å². The van der Waals surface area contributed by atoms with Crippen molar-refractivity contribution in [3.63, 3.8) is 0 Å². The van der Waals surface area contributed by atoms with Gasteiger partial charge in [0, 0.05) is 24.0 Å². The standard InChI is InChI=1S/C17H17N3O4/c1-12-8-9-15(20(23)24)17(22)19(12)11-16(21)18-10-4-6-13-5-2-3-7-14(13)18/h2-3,5,7-9H,4,6,10-11H2,1H3. The Bertz CT molecular complexity index is 872. The number of nitrogens with zero attached hydrogens (tertiary/aromatic N) is 3. The van der Waals surface area contributed by atoms with Crippen LogP contribution in [0, 0.1) is 17.0 Å². The Morgan fingerprint density at radius 1 is 1.25 bits per heavy atom. The minimum Gasteiger partial charge on any atom is -0.311 e. The van der Waals surface area contributed by atoms with E-state index in [4.69, 9.17) is 0 Å². The summed E-state index contributed by atoms with van der Waals surface area (Å²) in [6.45, 7) is 2.03. The molecule has 0 saturated carbocycles. The highest BCUT2D eigenvalue weighted by atomic mass is 16.6. The van der Waals surface area contributed by atoms with E-state index in [9.17, 15) is 19.7 Å². The van der Waals surface area contributed by atoms with Gasteiger partial charge in [0.15, 0.2) is 0 Å². The number of fused-ring (bicyclic) bond motifs is 1. The second-order valence-corrected chi connectivity index (χ2v) is 5.79. The summed E-state index contributed by atoms with van der Waals surface area (Å²) in [7, 11) is 0. The van der Waals surface area contributed by atoms with E-state index in [1.54, 1.807) is 11.8 Å². The second kappa shape index (κ2) is 6.27. The third kappa shape index (κ3) is 2.80. The van der Waals surface area contributed by atoms with Crippen molar-refractivity contribution in [1.82, 2.24) is 4.57 Å². The van der Waals surface area contributed by atoms with Crippen LogP contribution >= 0.6 is 0 Å². The van der Waals surface area contributed by atoms with E-state index < -0.39 is 16.2 Å². The first-order valence-corrected chi connectivity index (χ1v) is 7.72. The van der Waals surface area contributed by atoms with E-state index in [0.717, 1.165) is 28.7 Å². The maximum Gasteiger partial charge on any atom is 0.334 e. The monoisotopic (exact) mass is 327 g/mol. The molecular weight excluding hydrogens is 310 g/mol. The SMILES string of the molecule is Cc1ccc([N+](=O)[O-])c(=O)n1CC(=O)N1CCCc2ccccc21. The van der Waals surface area contributed by atoms with Gasteiger partial charge < -0.3 is 4.90 Å². The molecule has 1 aliphatic rings. The summed E-state index contributed by atoms with van der Waals surface area (Å²) in [5.41, 5.74) is 1.19. The lowest BCUT2D eigenvalue weighted by Crippen LogP contribution is -2.40. The Hall–Kier alpha value is -2.96. The van der Waals surface area contributed by atoms with E-state index in [-0.39, 0.29) is 12.5 Å². The van der Waals surface area contributed by atoms with E-state index in [0.29, 0.717) is 12.2 Å². The molecule has 7 nitrogen and oxygen atoms in total. The summed E-state index contributed by atoms with van der Waals surface area (Å²) >= 11 is 0. The molecule has 1 amide bonds. The number of aryl methyl sites for hydroxylation is 2. The Morgan fingerprint density at radius 3 is 2.75 bits per heavy atom. The summed E-state index contributed by atoms with van der Waals surface area (Å²) in [5, 5.41) is 10.9. The van der Waals surface area contributed by atoms with Gasteiger partial charge in [-0.15, -0.1) is 0 Å². The molecule has 0 N–H and O–H groups in total. The lowest BCUT2D eigenvalue weighted by molar-refractivity contribution is -0.386. The molecule has 1 aliphatic heterocycles. The zero-order valence-corrected chi connectivity index (χ0v) is 13.3. The van der Waals surface area contributed by atoms with Gasteiger partial charge in [0.05, 0.1) is 4.92 Å². The van der Waals surface area contributed by atoms with Crippen LogP contribution in [-0.4, -0.2) is 21.9 Å². The van der Waals surface area contributed by atoms with E-state index in [2.05, 4.69) is 0 Å². The summed E-state index contributed by atoms with van der Waals surface area (Å²) < 4.78 is 1.16. The van der Waals surface area contributed by atoms with Crippen LogP contribution in [0.3, 0.4) is 0 Å². The second-order valence-electron chi connectivity index (χ2n) is 5.79. The molecule has 7 heteroatoms. The van der Waals surface area contributed by atoms with Gasteiger partial charge in [-0.1, -0.05) is 18.2 Å². The van der Waals surface area contributed by atoms with Crippen LogP contribution in [0.1, 0.15) is 17.7 Å². The highest BCUT2D eigenvalue weighted by molar-refractivity contribution is 5.94. The Morgan fingerprint density at radius 2 is 2.00 bits per heavy atom. The van der Waals surface area contributed by atoms with Gasteiger partial charge in [-0.2, -0.15) is 0 Å². The smallest absolute Gasteiger partial charge is 0.311 e. The molecule has 3 rings (SSSR count). The van der Waals surface area contributed by atoms with Gasteiger partial charge in [0.2, 0.25) is 5.91 Å². The Labute approximate surface area is 138 Å². The maximum atomic E-state index is 12.7. The van der Waals surface area contributed by atoms with Crippen molar-refractivity contribution in [2.75, 3.05) is 11.4 Å². The summed E-state index contributed by atoms with van der Waals surface area (Å²) in [5.74, 6) is -0.243. The average Bonchev–Trinajstić information content (AvgIpc) is 2.57. The number of carbonyl (C=O) groups is 1. The summed E-state index contributed by atoms with van der Waals surface area (Å²) in [6, 6.07) is 10.3. The molecule has 0 aliphatic carbocycles. The van der Waals surface area contributed by atoms with Crippen LogP contribution in [0.4, 0.5) is 11.4 Å². The van der Waals surface area contributed by atoms with Gasteiger partial charge in [0.25, 0.3) is 0 Å². The molecule has 0 radical (unpaired) electrons. The summed E-state index contributed by atoms with van der Waals surface area (Å²) in [4.78, 5) is 36.8. The molecule has 2 heterocycles. The molecule has 0 spiro atoms. The number of nitro groups is 1. The molecule has 0 bridgehead atoms. The highest BCUT2D eigenvalue weighted by Crippen LogP contribution is 2.26. The van der Waals surface area contributed by atoms with Crippen molar-refractivity contribution >= 4 is 17.3 Å². The molecule has 0 fully saturated rings. The van der Waals surface area contributed by atoms with Crippen LogP contribution in [0.15, 0.2) is 41.2 Å². The fourth-order valence-corrected chi connectivity index (χ4v) is 3.01. The molecular formula is C17H17N3O4. The number of aromatic nitrogens is 1. The fourth-order valence-electron chi connectivity index (χ4n) is 3.01. The Balaban J connectivity index is 1.93. The minimum atomic E-state index is -0.751. The molecule has 0 atom stereocenters. The molecule has 24 heavy (non-hydrogen) atoms. The predicted molar refractivity (Wildman–Crippen MR) is 89.2 cm³/mol. The molecule has 1 aromatic heterocycles. The van der Waals surface area contributed by atoms with Gasteiger partial charge in [-0.3, -0.25) is 24.3 Å². The molecule has 1 aromatic carbocycles. The first-order valence-electron chi connectivity index (χ1n) is 7.72. The molecule has 124 valence electrons. The normalized spacial score (nSPS) is 13.5. The number of rotatable bonds is 3. The van der Waals surface area contributed by atoms with E-state index in [1.807, 2.05) is 24.3 Å². The number of pyridine rings is 1. The number of amides is 1. The van der Waals surface area contributed by atoms with Crippen molar-refractivity contribution in [2.24, 2.45) is 0 Å². The van der Waals surface area contributed by atoms with Crippen LogP contribution in [0.25, 0.3) is 0 Å². The van der Waals surface area contributed by atoms with Crippen LogP contribution in [0.2, 0.25) is 0 Å². The van der Waals surface area contributed by atoms with Crippen LogP contribution in [0.5, 0.6) is 0 Å². The first-order chi connectivity index (χ1) is 11.5. The molecule has 0 unspecified atom stereocenters. The number of hydrogen-bond acceptors (Lipinski definition) is 4. The number of para-hydroxylation sites is 1. The predicted octanol–water partition coefficient (Wildman–Crippen LogP) is 2.04. The highest BCUT2D eigenvalue weighted by Gasteiger charge is 2.24. The average molecular weight is 327 g/mol. The van der Waals surface area contributed by atoms with Crippen LogP contribution < -0.4 is 10.5 Å². The first kappa shape index (κ1) is 15.9. The molecule has 2 aromatic rings. The lowest BCUT2D eigenvalue weighted by Gasteiger charge is -2.29. The Kier molecular flexibility index (Phi) is 4.16. The van der Waals surface area contributed by atoms with E-state index in [1.165, 1.54) is 12.1 Å². The van der Waals surface area contributed by atoms with E-state index >= 15 is 0 Å². The third-order valence-corrected chi connectivity index (χ3v) is 4.27. The third-order valence-electron chi connectivity index (χ3n) is 4.27. The molecule has 0 saturated heterocycles.